The molecule has 4 bridgehead atoms. The van der Waals surface area contributed by atoms with E-state index in [0.29, 0.717) is 13.2 Å². The van der Waals surface area contributed by atoms with E-state index >= 15 is 0 Å². The van der Waals surface area contributed by atoms with Gasteiger partial charge < -0.3 is 9.30 Å². The van der Waals surface area contributed by atoms with Gasteiger partial charge in [0.25, 0.3) is 5.91 Å². The van der Waals surface area contributed by atoms with E-state index in [1.54, 1.807) is 11.3 Å². The number of thiazole rings is 1. The second-order valence-corrected chi connectivity index (χ2v) is 11.0. The lowest BCUT2D eigenvalue weighted by Gasteiger charge is -2.55. The molecule has 1 heterocycles. The lowest BCUT2D eigenvalue weighted by Crippen LogP contribution is -2.50. The van der Waals surface area contributed by atoms with Crippen molar-refractivity contribution in [2.45, 2.75) is 65.5 Å². The zero-order valence-electron chi connectivity index (χ0n) is 18.1. The number of aryl methyl sites for hydroxylation is 1. The maximum atomic E-state index is 13.4. The highest BCUT2D eigenvalue weighted by atomic mass is 32.1. The van der Waals surface area contributed by atoms with Crippen LogP contribution in [0.1, 0.15) is 54.7 Å². The number of nitrogens with zero attached hydrogens (tertiary/aromatic N) is 2. The Hall–Kier alpha value is -1.72. The summed E-state index contributed by atoms with van der Waals surface area (Å²) in [5.74, 6) is 2.45. The van der Waals surface area contributed by atoms with E-state index in [1.807, 2.05) is 18.2 Å². The highest BCUT2D eigenvalue weighted by Gasteiger charge is 2.54. The van der Waals surface area contributed by atoms with Gasteiger partial charge in [0.2, 0.25) is 0 Å². The number of ether oxygens (including phenoxy) is 1. The summed E-state index contributed by atoms with van der Waals surface area (Å²) in [6, 6.07) is 10.3. The second kappa shape index (κ2) is 8.08. The van der Waals surface area contributed by atoms with Crippen LogP contribution in [-0.4, -0.2) is 17.1 Å². The van der Waals surface area contributed by atoms with Crippen LogP contribution in [0.25, 0.3) is 0 Å². The largest absolute Gasteiger partial charge is 0.375 e. The van der Waals surface area contributed by atoms with Gasteiger partial charge in [-0.2, -0.15) is 4.99 Å². The van der Waals surface area contributed by atoms with Gasteiger partial charge in [0.15, 0.2) is 4.80 Å². The lowest BCUT2D eigenvalue weighted by molar-refractivity contribution is -0.142. The van der Waals surface area contributed by atoms with E-state index in [1.165, 1.54) is 35.4 Å². The van der Waals surface area contributed by atoms with E-state index < -0.39 is 0 Å². The van der Waals surface area contributed by atoms with Crippen LogP contribution in [-0.2, 0) is 22.7 Å². The first-order valence-corrected chi connectivity index (χ1v) is 12.2. The van der Waals surface area contributed by atoms with Gasteiger partial charge in [0, 0.05) is 17.1 Å². The monoisotopic (exact) mass is 424 g/mol. The lowest BCUT2D eigenvalue weighted by atomic mass is 9.49. The van der Waals surface area contributed by atoms with Gasteiger partial charge in [-0.3, -0.25) is 4.79 Å². The van der Waals surface area contributed by atoms with Gasteiger partial charge in [-0.25, -0.2) is 0 Å². The first-order valence-electron chi connectivity index (χ1n) is 11.4. The van der Waals surface area contributed by atoms with Crippen molar-refractivity contribution in [3.05, 3.63) is 51.3 Å². The molecule has 0 saturated heterocycles. The fourth-order valence-electron chi connectivity index (χ4n) is 6.44. The minimum Gasteiger partial charge on any atom is -0.375 e. The highest BCUT2D eigenvalue weighted by Crippen LogP contribution is 2.60. The Morgan fingerprint density at radius 2 is 1.73 bits per heavy atom. The average molecular weight is 425 g/mol. The molecule has 1 amide bonds. The minimum absolute atomic E-state index is 0.154. The molecule has 0 spiro atoms. The summed E-state index contributed by atoms with van der Waals surface area (Å²) in [4.78, 5) is 20.3. The number of rotatable bonds is 6. The first kappa shape index (κ1) is 20.2. The van der Waals surface area contributed by atoms with E-state index in [-0.39, 0.29) is 11.3 Å². The molecule has 0 radical (unpaired) electrons. The quantitative estimate of drug-likeness (QED) is 0.611. The molecule has 5 heteroatoms. The third kappa shape index (κ3) is 3.82. The zero-order chi connectivity index (χ0) is 20.7. The molecule has 0 unspecified atom stereocenters. The van der Waals surface area contributed by atoms with E-state index in [2.05, 4.69) is 30.5 Å². The van der Waals surface area contributed by atoms with Gasteiger partial charge in [-0.05, 0) is 75.7 Å². The number of aromatic nitrogens is 1. The number of benzene rings is 1. The molecule has 4 saturated carbocycles. The predicted molar refractivity (Wildman–Crippen MR) is 119 cm³/mol. The highest BCUT2D eigenvalue weighted by molar-refractivity contribution is 7.09. The van der Waals surface area contributed by atoms with Gasteiger partial charge >= 0.3 is 0 Å². The fraction of sp³-hybridized carbons (Fsp3) is 0.600. The smallest absolute Gasteiger partial charge is 0.254 e. The normalized spacial score (nSPS) is 30.2. The summed E-state index contributed by atoms with van der Waals surface area (Å²) in [5, 5.41) is 0. The van der Waals surface area contributed by atoms with Crippen LogP contribution in [0.3, 0.4) is 0 Å². The summed E-state index contributed by atoms with van der Waals surface area (Å²) in [7, 11) is 0. The molecule has 0 aliphatic heterocycles. The van der Waals surface area contributed by atoms with Crippen LogP contribution in [0.4, 0.5) is 0 Å². The number of carbonyl (C=O) groups is 1. The summed E-state index contributed by atoms with van der Waals surface area (Å²) in [6.45, 7) is 6.20. The third-order valence-corrected chi connectivity index (χ3v) is 8.75. The Morgan fingerprint density at radius 1 is 1.10 bits per heavy atom. The minimum atomic E-state index is -0.164. The molecule has 4 aliphatic rings. The molecule has 4 fully saturated rings. The summed E-state index contributed by atoms with van der Waals surface area (Å²) < 4.78 is 8.09. The summed E-state index contributed by atoms with van der Waals surface area (Å²) in [5.41, 5.74) is 2.21. The Labute approximate surface area is 183 Å². The summed E-state index contributed by atoms with van der Waals surface area (Å²) in [6.07, 6.45) is 7.27. The maximum Gasteiger partial charge on any atom is 0.254 e. The third-order valence-electron chi connectivity index (χ3n) is 7.65. The van der Waals surface area contributed by atoms with Crippen molar-refractivity contribution in [3.63, 3.8) is 0 Å². The molecular formula is C25H32N2O2S. The molecule has 30 heavy (non-hydrogen) atoms. The molecule has 4 aliphatic carbocycles. The molecule has 6 rings (SSSR count). The van der Waals surface area contributed by atoms with Crippen LogP contribution >= 0.6 is 11.3 Å². The van der Waals surface area contributed by atoms with Crippen molar-refractivity contribution in [1.29, 1.82) is 0 Å². The van der Waals surface area contributed by atoms with Gasteiger partial charge in [-0.15, -0.1) is 11.3 Å². The number of hydrogen-bond donors (Lipinski definition) is 0. The Balaban J connectivity index is 1.31. The molecule has 160 valence electrons. The van der Waals surface area contributed by atoms with Crippen LogP contribution in [0.2, 0.25) is 0 Å². The van der Waals surface area contributed by atoms with E-state index in [9.17, 15) is 4.79 Å². The van der Waals surface area contributed by atoms with Crippen molar-refractivity contribution < 1.29 is 9.53 Å². The number of amides is 1. The topological polar surface area (TPSA) is 43.6 Å². The van der Waals surface area contributed by atoms with Crippen molar-refractivity contribution in [1.82, 2.24) is 4.57 Å². The standard InChI is InChI=1S/C25H32N2O2S/c1-17-18(2)30-24(27(17)8-9-29-16-19-6-4-3-5-7-19)26-23(28)25-13-20-10-21(14-25)12-22(11-20)15-25/h3-7,20-22H,8-16H2,1-2H3. The first-order chi connectivity index (χ1) is 14.5. The van der Waals surface area contributed by atoms with Crippen molar-refractivity contribution in [3.8, 4) is 0 Å². The number of hydrogen-bond acceptors (Lipinski definition) is 3. The van der Waals surface area contributed by atoms with E-state index in [0.717, 1.165) is 48.4 Å². The van der Waals surface area contributed by atoms with Crippen molar-refractivity contribution in [2.75, 3.05) is 6.61 Å². The van der Waals surface area contributed by atoms with Crippen LogP contribution in [0.5, 0.6) is 0 Å². The molecule has 4 nitrogen and oxygen atoms in total. The Kier molecular flexibility index (Phi) is 5.44. The molecular weight excluding hydrogens is 392 g/mol. The van der Waals surface area contributed by atoms with Gasteiger partial charge in [0.1, 0.15) is 0 Å². The number of carbonyl (C=O) groups excluding carboxylic acids is 1. The Bertz CT molecular complexity index is 953. The van der Waals surface area contributed by atoms with Crippen LogP contribution < -0.4 is 4.80 Å². The van der Waals surface area contributed by atoms with Crippen LogP contribution in [0.15, 0.2) is 35.3 Å². The average Bonchev–Trinajstić information content (AvgIpc) is 2.98. The fourth-order valence-corrected chi connectivity index (χ4v) is 7.44. The molecule has 2 aromatic rings. The van der Waals surface area contributed by atoms with Gasteiger partial charge in [-0.1, -0.05) is 30.3 Å². The maximum absolute atomic E-state index is 13.4. The SMILES string of the molecule is Cc1sc(=NC(=O)C23CC4CC(CC(C4)C2)C3)n(CCOCc2ccccc2)c1C. The second-order valence-electron chi connectivity index (χ2n) is 9.83. The molecule has 1 aromatic carbocycles. The predicted octanol–water partition coefficient (Wildman–Crippen LogP) is 5.03. The molecule has 0 N–H and O–H groups in total. The van der Waals surface area contributed by atoms with Crippen molar-refractivity contribution in [2.24, 2.45) is 28.2 Å². The Morgan fingerprint density at radius 3 is 2.37 bits per heavy atom. The summed E-state index contributed by atoms with van der Waals surface area (Å²) >= 11 is 1.65. The van der Waals surface area contributed by atoms with Gasteiger partial charge in [0.05, 0.1) is 18.6 Å². The molecule has 1 aromatic heterocycles. The van der Waals surface area contributed by atoms with E-state index in [4.69, 9.17) is 9.73 Å². The molecule has 0 atom stereocenters. The van der Waals surface area contributed by atoms with Crippen molar-refractivity contribution >= 4 is 17.2 Å². The zero-order valence-corrected chi connectivity index (χ0v) is 18.9. The van der Waals surface area contributed by atoms with Crippen LogP contribution in [0, 0.1) is 37.0 Å².